The predicted molar refractivity (Wildman–Crippen MR) is 68.9 cm³/mol. The molecule has 0 N–H and O–H groups in total. The average Bonchev–Trinajstić information content (AvgIpc) is 2.65. The Balaban J connectivity index is 2.37. The van der Waals surface area contributed by atoms with Gasteiger partial charge in [-0.25, -0.2) is 4.99 Å². The summed E-state index contributed by atoms with van der Waals surface area (Å²) in [5.41, 5.74) is 1.61. The van der Waals surface area contributed by atoms with Crippen LogP contribution in [0.15, 0.2) is 58.0 Å². The molecule has 82 valence electrons. The zero-order chi connectivity index (χ0) is 11.8. The van der Waals surface area contributed by atoms with Crippen LogP contribution in [-0.4, -0.2) is 5.91 Å². The molecule has 2 aromatic carbocycles. The Kier molecular flexibility index (Phi) is 2.41. The van der Waals surface area contributed by atoms with E-state index in [-0.39, 0.29) is 5.91 Å². The Labute approximate surface area is 106 Å². The van der Waals surface area contributed by atoms with Crippen LogP contribution in [0.3, 0.4) is 0 Å². The topological polar surface area (TPSA) is 29.4 Å². The van der Waals surface area contributed by atoms with E-state index in [9.17, 15) is 4.79 Å². The SMILES string of the molecule is O=C1N=c2cc(Br)ccc2=C1c1ccccc1. The molecule has 3 heteroatoms. The van der Waals surface area contributed by atoms with Crippen LogP contribution in [0.2, 0.25) is 0 Å². The fourth-order valence-corrected chi connectivity index (χ4v) is 2.32. The number of rotatable bonds is 1. The highest BCUT2D eigenvalue weighted by atomic mass is 79.9. The summed E-state index contributed by atoms with van der Waals surface area (Å²) >= 11 is 3.38. The summed E-state index contributed by atoms with van der Waals surface area (Å²) < 4.78 is 0.933. The zero-order valence-corrected chi connectivity index (χ0v) is 10.4. The van der Waals surface area contributed by atoms with Gasteiger partial charge in [0.25, 0.3) is 5.91 Å². The number of amides is 1. The van der Waals surface area contributed by atoms with Gasteiger partial charge in [-0.05, 0) is 17.7 Å². The summed E-state index contributed by atoms with van der Waals surface area (Å²) in [5, 5.41) is 1.65. The predicted octanol–water partition coefficient (Wildman–Crippen LogP) is 1.81. The third kappa shape index (κ3) is 1.72. The Morgan fingerprint density at radius 3 is 2.53 bits per heavy atom. The van der Waals surface area contributed by atoms with Gasteiger partial charge in [0.15, 0.2) is 0 Å². The number of halogens is 1. The number of fused-ring (bicyclic) bond motifs is 1. The van der Waals surface area contributed by atoms with E-state index in [1.165, 1.54) is 0 Å². The van der Waals surface area contributed by atoms with Crippen molar-refractivity contribution >= 4 is 27.4 Å². The molecular weight excluding hydrogens is 278 g/mol. The molecule has 0 radical (unpaired) electrons. The van der Waals surface area contributed by atoms with Crippen molar-refractivity contribution in [2.45, 2.75) is 0 Å². The molecule has 0 saturated heterocycles. The van der Waals surface area contributed by atoms with Crippen LogP contribution in [0.5, 0.6) is 0 Å². The molecule has 1 heterocycles. The largest absolute Gasteiger partial charge is 0.278 e. The molecule has 3 rings (SSSR count). The summed E-state index contributed by atoms with van der Waals surface area (Å²) in [7, 11) is 0. The highest BCUT2D eigenvalue weighted by Crippen LogP contribution is 2.14. The van der Waals surface area contributed by atoms with E-state index >= 15 is 0 Å². The lowest BCUT2D eigenvalue weighted by Gasteiger charge is -1.98. The molecule has 0 unspecified atom stereocenters. The van der Waals surface area contributed by atoms with Crippen molar-refractivity contribution in [3.8, 4) is 0 Å². The van der Waals surface area contributed by atoms with Crippen LogP contribution in [0.1, 0.15) is 5.56 Å². The molecule has 0 saturated carbocycles. The van der Waals surface area contributed by atoms with Crippen molar-refractivity contribution in [2.75, 3.05) is 0 Å². The van der Waals surface area contributed by atoms with Gasteiger partial charge in [-0.1, -0.05) is 52.3 Å². The maximum Gasteiger partial charge on any atom is 0.278 e. The molecular formula is C14H8BrNO. The highest BCUT2D eigenvalue weighted by Gasteiger charge is 2.17. The number of hydrogen-bond acceptors (Lipinski definition) is 1. The van der Waals surface area contributed by atoms with Gasteiger partial charge in [0.05, 0.1) is 10.9 Å². The Morgan fingerprint density at radius 1 is 1.00 bits per heavy atom. The first-order valence-electron chi connectivity index (χ1n) is 5.24. The first-order valence-corrected chi connectivity index (χ1v) is 6.03. The fourth-order valence-electron chi connectivity index (χ4n) is 1.97. The zero-order valence-electron chi connectivity index (χ0n) is 8.85. The minimum atomic E-state index is -0.163. The highest BCUT2D eigenvalue weighted by molar-refractivity contribution is 9.10. The van der Waals surface area contributed by atoms with Gasteiger partial charge in [0, 0.05) is 9.69 Å². The molecule has 0 aliphatic carbocycles. The lowest BCUT2D eigenvalue weighted by Crippen LogP contribution is -2.22. The molecule has 2 nitrogen and oxygen atoms in total. The standard InChI is InChI=1S/C14H8BrNO/c15-10-6-7-11-12(8-10)16-14(17)13(11)9-4-2-1-3-5-9/h1-8H. The number of carbonyl (C=O) groups excluding carboxylic acids is 1. The Morgan fingerprint density at radius 2 is 1.76 bits per heavy atom. The maximum atomic E-state index is 11.9. The third-order valence-corrected chi connectivity index (χ3v) is 3.22. The monoisotopic (exact) mass is 285 g/mol. The molecule has 0 bridgehead atoms. The molecule has 0 fully saturated rings. The molecule has 2 aromatic rings. The van der Waals surface area contributed by atoms with Crippen molar-refractivity contribution in [1.29, 1.82) is 0 Å². The number of nitrogens with zero attached hydrogens (tertiary/aromatic N) is 1. The van der Waals surface area contributed by atoms with Crippen LogP contribution < -0.4 is 10.6 Å². The number of benzene rings is 2. The molecule has 0 aromatic heterocycles. The number of hydrogen-bond donors (Lipinski definition) is 0. The van der Waals surface area contributed by atoms with Gasteiger partial charge in [-0.15, -0.1) is 0 Å². The summed E-state index contributed by atoms with van der Waals surface area (Å²) in [6.45, 7) is 0. The quantitative estimate of drug-likeness (QED) is 0.786. The Hall–Kier alpha value is -1.74. The van der Waals surface area contributed by atoms with Crippen LogP contribution in [0.4, 0.5) is 0 Å². The molecule has 1 amide bonds. The third-order valence-electron chi connectivity index (χ3n) is 2.73. The lowest BCUT2D eigenvalue weighted by molar-refractivity contribution is -0.112. The molecule has 1 aliphatic heterocycles. The summed E-state index contributed by atoms with van der Waals surface area (Å²) in [4.78, 5) is 16.0. The van der Waals surface area contributed by atoms with Crippen LogP contribution in [0, 0.1) is 0 Å². The normalized spacial score (nSPS) is 13.5. The smallest absolute Gasteiger partial charge is 0.267 e. The van der Waals surface area contributed by atoms with Crippen molar-refractivity contribution in [3.63, 3.8) is 0 Å². The molecule has 0 spiro atoms. The van der Waals surface area contributed by atoms with E-state index in [1.807, 2.05) is 48.5 Å². The summed E-state index contributed by atoms with van der Waals surface area (Å²) in [6.07, 6.45) is 0. The minimum Gasteiger partial charge on any atom is -0.267 e. The van der Waals surface area contributed by atoms with Gasteiger partial charge in [0.2, 0.25) is 0 Å². The van der Waals surface area contributed by atoms with Crippen molar-refractivity contribution < 1.29 is 4.79 Å². The van der Waals surface area contributed by atoms with Gasteiger partial charge in [0.1, 0.15) is 0 Å². The van der Waals surface area contributed by atoms with Gasteiger partial charge in [-0.3, -0.25) is 4.79 Å². The van der Waals surface area contributed by atoms with Crippen molar-refractivity contribution in [3.05, 3.63) is 69.1 Å². The summed E-state index contributed by atoms with van der Waals surface area (Å²) in [6, 6.07) is 15.4. The van der Waals surface area contributed by atoms with E-state index in [2.05, 4.69) is 20.9 Å². The molecule has 0 atom stereocenters. The second kappa shape index (κ2) is 3.93. The van der Waals surface area contributed by atoms with E-state index in [1.54, 1.807) is 0 Å². The van der Waals surface area contributed by atoms with Gasteiger partial charge >= 0.3 is 0 Å². The van der Waals surface area contributed by atoms with E-state index in [0.717, 1.165) is 20.6 Å². The van der Waals surface area contributed by atoms with Crippen LogP contribution >= 0.6 is 15.9 Å². The van der Waals surface area contributed by atoms with Crippen molar-refractivity contribution in [2.24, 2.45) is 4.99 Å². The van der Waals surface area contributed by atoms with Gasteiger partial charge < -0.3 is 0 Å². The maximum absolute atomic E-state index is 11.9. The van der Waals surface area contributed by atoms with E-state index < -0.39 is 0 Å². The van der Waals surface area contributed by atoms with Gasteiger partial charge in [-0.2, -0.15) is 0 Å². The molecule has 1 aliphatic rings. The van der Waals surface area contributed by atoms with E-state index in [4.69, 9.17) is 0 Å². The lowest BCUT2D eigenvalue weighted by atomic mass is 10.0. The Bertz CT molecular complexity index is 720. The molecule has 17 heavy (non-hydrogen) atoms. The first-order chi connectivity index (χ1) is 8.25. The number of carbonyl (C=O) groups is 1. The van der Waals surface area contributed by atoms with Crippen molar-refractivity contribution in [1.82, 2.24) is 0 Å². The minimum absolute atomic E-state index is 0.163. The second-order valence-corrected chi connectivity index (χ2v) is 4.74. The van der Waals surface area contributed by atoms with E-state index in [0.29, 0.717) is 5.57 Å². The average molecular weight is 286 g/mol. The second-order valence-electron chi connectivity index (χ2n) is 3.82. The van der Waals surface area contributed by atoms with Crippen LogP contribution in [0.25, 0.3) is 5.57 Å². The first kappa shape index (κ1) is 10.4. The fraction of sp³-hybridized carbons (Fsp3) is 0. The van der Waals surface area contributed by atoms with Crippen LogP contribution in [-0.2, 0) is 4.79 Å². The summed E-state index contributed by atoms with van der Waals surface area (Å²) in [5.74, 6) is -0.163.